The molecule has 1 saturated heterocycles. The minimum absolute atomic E-state index is 0.175. The summed E-state index contributed by atoms with van der Waals surface area (Å²) in [6.07, 6.45) is 12.0. The zero-order valence-corrected chi connectivity index (χ0v) is 28.0. The van der Waals surface area contributed by atoms with Crippen molar-refractivity contribution in [2.45, 2.75) is 52.0 Å². The fourth-order valence-corrected chi connectivity index (χ4v) is 10.1. The number of piperazine rings is 1. The second kappa shape index (κ2) is 12.6. The first-order valence-electron chi connectivity index (χ1n) is 17.9. The lowest BCUT2D eigenvalue weighted by Gasteiger charge is -2.57. The highest BCUT2D eigenvalue weighted by atomic mass is 16.5. The van der Waals surface area contributed by atoms with Crippen molar-refractivity contribution in [2.75, 3.05) is 51.3 Å². The maximum Gasteiger partial charge on any atom is 0.253 e. The van der Waals surface area contributed by atoms with Crippen LogP contribution in [0.25, 0.3) is 21.9 Å². The summed E-state index contributed by atoms with van der Waals surface area (Å²) in [5.74, 6) is 3.72. The number of carbonyl (C=O) groups excluding carboxylic acids is 1. The summed E-state index contributed by atoms with van der Waals surface area (Å²) in [5.41, 5.74) is 6.02. The Labute approximate surface area is 279 Å². The van der Waals surface area contributed by atoms with Crippen molar-refractivity contribution in [3.05, 3.63) is 90.3 Å². The number of pyridine rings is 1. The summed E-state index contributed by atoms with van der Waals surface area (Å²) >= 11 is 0. The van der Waals surface area contributed by atoms with Gasteiger partial charge in [-0.25, -0.2) is 0 Å². The van der Waals surface area contributed by atoms with Crippen molar-refractivity contribution in [3.8, 4) is 16.9 Å². The van der Waals surface area contributed by atoms with Gasteiger partial charge in [0.1, 0.15) is 5.75 Å². The summed E-state index contributed by atoms with van der Waals surface area (Å²) < 4.78 is 5.72. The fourth-order valence-electron chi connectivity index (χ4n) is 10.1. The molecule has 0 radical (unpaired) electrons. The number of amides is 1. The summed E-state index contributed by atoms with van der Waals surface area (Å²) in [4.78, 5) is 25.0. The van der Waals surface area contributed by atoms with Crippen LogP contribution in [0.5, 0.6) is 5.75 Å². The largest absolute Gasteiger partial charge is 0.492 e. The lowest BCUT2D eigenvalue weighted by molar-refractivity contribution is -0.0629. The van der Waals surface area contributed by atoms with Crippen molar-refractivity contribution < 1.29 is 9.53 Å². The Kier molecular flexibility index (Phi) is 8.16. The smallest absolute Gasteiger partial charge is 0.253 e. The summed E-state index contributed by atoms with van der Waals surface area (Å²) in [6.45, 7) is 8.44. The molecule has 1 aromatic heterocycles. The van der Waals surface area contributed by atoms with Crippen LogP contribution < -0.4 is 9.64 Å². The van der Waals surface area contributed by atoms with Gasteiger partial charge in [0.25, 0.3) is 5.91 Å². The SMILES string of the molecule is CCOc1cncc(-c2ccc(CN3CCN(c4ccc(C(=O)N(C)CC56CC7CC(CC(C7)C5)C6)cc4)CC3)c3ccccc23)c1. The molecule has 6 nitrogen and oxygen atoms in total. The monoisotopic (exact) mass is 628 g/mol. The molecule has 9 rings (SSSR count). The van der Waals surface area contributed by atoms with E-state index in [4.69, 9.17) is 4.74 Å². The van der Waals surface area contributed by atoms with E-state index in [1.807, 2.05) is 37.2 Å². The van der Waals surface area contributed by atoms with Gasteiger partial charge < -0.3 is 14.5 Å². The highest BCUT2D eigenvalue weighted by Crippen LogP contribution is 2.60. The van der Waals surface area contributed by atoms with Crippen LogP contribution in [0.15, 0.2) is 79.1 Å². The second-order valence-electron chi connectivity index (χ2n) is 15.0. The number of anilines is 1. The van der Waals surface area contributed by atoms with Crippen LogP contribution in [0.1, 0.15) is 61.4 Å². The summed E-state index contributed by atoms with van der Waals surface area (Å²) in [6, 6.07) is 23.7. The molecule has 0 unspecified atom stereocenters. The maximum absolute atomic E-state index is 13.5. The Hall–Kier alpha value is -3.90. The molecule has 3 aromatic carbocycles. The molecular weight excluding hydrogens is 580 g/mol. The molecule has 2 heterocycles. The third-order valence-electron chi connectivity index (χ3n) is 11.7. The molecule has 0 spiro atoms. The van der Waals surface area contributed by atoms with E-state index in [0.29, 0.717) is 12.0 Å². The van der Waals surface area contributed by atoms with Crippen LogP contribution in [0.2, 0.25) is 0 Å². The van der Waals surface area contributed by atoms with Crippen molar-refractivity contribution >= 4 is 22.4 Å². The standard InChI is InChI=1S/C41H48N4O2/c1-3-47-36-21-34(25-42-26-36)38-13-10-33(37-6-4-5-7-39(37)38)27-44-14-16-45(17-15-44)35-11-8-32(9-12-35)40(46)43(2)28-41-22-29-18-30(23-41)20-31(19-29)24-41/h4-13,21,25-26,29-31H,3,14-20,22-24,27-28H2,1-2H3. The highest BCUT2D eigenvalue weighted by molar-refractivity contribution is 5.98. The van der Waals surface area contributed by atoms with Crippen LogP contribution in [0.4, 0.5) is 5.69 Å². The number of ether oxygens (including phenoxy) is 1. The molecule has 1 amide bonds. The minimum Gasteiger partial charge on any atom is -0.492 e. The van der Waals surface area contributed by atoms with Gasteiger partial charge in [-0.2, -0.15) is 0 Å². The molecule has 1 aliphatic heterocycles. The quantitative estimate of drug-likeness (QED) is 0.189. The Bertz CT molecular complexity index is 1710. The molecule has 5 fully saturated rings. The number of hydrogen-bond donors (Lipinski definition) is 0. The van der Waals surface area contributed by atoms with Gasteiger partial charge in [0.05, 0.1) is 12.8 Å². The Morgan fingerprint density at radius 1 is 0.872 bits per heavy atom. The highest BCUT2D eigenvalue weighted by Gasteiger charge is 2.51. The molecule has 244 valence electrons. The molecule has 4 aliphatic carbocycles. The molecule has 5 aliphatic rings. The first-order valence-corrected chi connectivity index (χ1v) is 17.9. The molecule has 4 bridgehead atoms. The fraction of sp³-hybridized carbons (Fsp3) is 0.463. The van der Waals surface area contributed by atoms with Gasteiger partial charge in [-0.15, -0.1) is 0 Å². The van der Waals surface area contributed by atoms with Gasteiger partial charge in [-0.1, -0.05) is 36.4 Å². The van der Waals surface area contributed by atoms with Gasteiger partial charge >= 0.3 is 0 Å². The lowest BCUT2D eigenvalue weighted by Crippen LogP contribution is -2.51. The maximum atomic E-state index is 13.5. The molecule has 0 N–H and O–H groups in total. The van der Waals surface area contributed by atoms with Gasteiger partial charge in [0, 0.05) is 69.3 Å². The molecule has 0 atom stereocenters. The van der Waals surface area contributed by atoms with Gasteiger partial charge in [-0.05, 0) is 121 Å². The zero-order chi connectivity index (χ0) is 32.0. The van der Waals surface area contributed by atoms with Gasteiger partial charge in [-0.3, -0.25) is 14.7 Å². The van der Waals surface area contributed by atoms with E-state index < -0.39 is 0 Å². The molecule has 47 heavy (non-hydrogen) atoms. The number of benzene rings is 3. The molecular formula is C41H48N4O2. The van der Waals surface area contributed by atoms with E-state index in [1.54, 1.807) is 6.20 Å². The summed E-state index contributed by atoms with van der Waals surface area (Å²) in [5, 5.41) is 2.54. The third kappa shape index (κ3) is 6.13. The van der Waals surface area contributed by atoms with Crippen molar-refractivity contribution in [3.63, 3.8) is 0 Å². The normalized spacial score (nSPS) is 25.3. The third-order valence-corrected chi connectivity index (χ3v) is 11.7. The number of aromatic nitrogens is 1. The van der Waals surface area contributed by atoms with Gasteiger partial charge in [0.15, 0.2) is 0 Å². The molecule has 6 heteroatoms. The lowest BCUT2D eigenvalue weighted by atomic mass is 9.49. The topological polar surface area (TPSA) is 48.9 Å². The van der Waals surface area contributed by atoms with E-state index in [1.165, 1.54) is 66.1 Å². The predicted octanol–water partition coefficient (Wildman–Crippen LogP) is 7.91. The van der Waals surface area contributed by atoms with E-state index in [2.05, 4.69) is 69.4 Å². The first-order chi connectivity index (χ1) is 22.9. The van der Waals surface area contributed by atoms with Crippen molar-refractivity contribution in [1.29, 1.82) is 0 Å². The van der Waals surface area contributed by atoms with E-state index in [9.17, 15) is 4.79 Å². The van der Waals surface area contributed by atoms with Crippen LogP contribution in [0.3, 0.4) is 0 Å². The minimum atomic E-state index is 0.175. The average molecular weight is 629 g/mol. The predicted molar refractivity (Wildman–Crippen MR) is 190 cm³/mol. The Morgan fingerprint density at radius 3 is 2.23 bits per heavy atom. The van der Waals surface area contributed by atoms with Crippen LogP contribution >= 0.6 is 0 Å². The second-order valence-corrected chi connectivity index (χ2v) is 15.0. The average Bonchev–Trinajstić information content (AvgIpc) is 3.08. The number of carbonyl (C=O) groups is 1. The first kappa shape index (κ1) is 30.4. The van der Waals surface area contributed by atoms with Crippen LogP contribution in [-0.4, -0.2) is 67.1 Å². The van der Waals surface area contributed by atoms with E-state index in [0.717, 1.165) is 73.9 Å². The Balaban J connectivity index is 0.889. The van der Waals surface area contributed by atoms with Crippen molar-refractivity contribution in [1.82, 2.24) is 14.8 Å². The van der Waals surface area contributed by atoms with Gasteiger partial charge in [0.2, 0.25) is 0 Å². The van der Waals surface area contributed by atoms with Crippen LogP contribution in [-0.2, 0) is 6.54 Å². The molecule has 4 saturated carbocycles. The van der Waals surface area contributed by atoms with Crippen LogP contribution in [0, 0.1) is 23.2 Å². The van der Waals surface area contributed by atoms with E-state index >= 15 is 0 Å². The molecule has 4 aromatic rings. The number of rotatable bonds is 9. The van der Waals surface area contributed by atoms with E-state index in [-0.39, 0.29) is 5.91 Å². The number of nitrogens with zero attached hydrogens (tertiary/aromatic N) is 4. The zero-order valence-electron chi connectivity index (χ0n) is 28.0. The number of fused-ring (bicyclic) bond motifs is 1. The Morgan fingerprint density at radius 2 is 1.55 bits per heavy atom. The number of hydrogen-bond acceptors (Lipinski definition) is 5. The summed E-state index contributed by atoms with van der Waals surface area (Å²) in [7, 11) is 2.03. The van der Waals surface area contributed by atoms with Crippen molar-refractivity contribution in [2.24, 2.45) is 23.2 Å².